The Labute approximate surface area is 164 Å². The maximum atomic E-state index is 12.5. The fraction of sp³-hybridized carbons (Fsp3) is 0.333. The largest absolute Gasteiger partial charge is 0.486 e. The van der Waals surface area contributed by atoms with Gasteiger partial charge in [-0.2, -0.15) is 0 Å². The van der Waals surface area contributed by atoms with Gasteiger partial charge in [0.15, 0.2) is 16.7 Å². The Balaban J connectivity index is 1.65. The molecule has 0 radical (unpaired) electrons. The van der Waals surface area contributed by atoms with Gasteiger partial charge in [-0.1, -0.05) is 11.8 Å². The predicted molar refractivity (Wildman–Crippen MR) is 102 cm³/mol. The lowest BCUT2D eigenvalue weighted by molar-refractivity contribution is -0.139. The van der Waals surface area contributed by atoms with E-state index < -0.39 is 16.8 Å². The summed E-state index contributed by atoms with van der Waals surface area (Å²) in [6.07, 6.45) is -0.119. The summed E-state index contributed by atoms with van der Waals surface area (Å²) >= 11 is 1.08. The molecule has 0 spiro atoms. The summed E-state index contributed by atoms with van der Waals surface area (Å²) in [6.45, 7) is 2.63. The molecule has 0 fully saturated rings. The minimum atomic E-state index is -0.551. The molecular weight excluding hydrogens is 386 g/mol. The van der Waals surface area contributed by atoms with Crippen LogP contribution in [0.1, 0.15) is 12.6 Å². The molecule has 1 amide bonds. The number of ether oxygens (including phenoxy) is 3. The van der Waals surface area contributed by atoms with Crippen molar-refractivity contribution in [2.75, 3.05) is 25.6 Å². The summed E-state index contributed by atoms with van der Waals surface area (Å²) in [5.74, 6) is 0.433. The van der Waals surface area contributed by atoms with E-state index in [1.165, 1.54) is 13.2 Å². The zero-order valence-corrected chi connectivity index (χ0v) is 16.1. The first-order valence-electron chi connectivity index (χ1n) is 8.49. The Morgan fingerprint density at radius 2 is 2.04 bits per heavy atom. The van der Waals surface area contributed by atoms with Crippen LogP contribution in [0.5, 0.6) is 11.5 Å². The number of carbonyl (C=O) groups is 2. The zero-order chi connectivity index (χ0) is 20.1. The van der Waals surface area contributed by atoms with E-state index in [9.17, 15) is 14.4 Å². The van der Waals surface area contributed by atoms with Gasteiger partial charge in [0.05, 0.1) is 24.5 Å². The molecule has 28 heavy (non-hydrogen) atoms. The maximum absolute atomic E-state index is 12.5. The third-order valence-electron chi connectivity index (χ3n) is 3.79. The number of aromatic nitrogens is 2. The molecule has 1 aromatic heterocycles. The van der Waals surface area contributed by atoms with Crippen LogP contribution in [0.3, 0.4) is 0 Å². The average Bonchev–Trinajstić information content (AvgIpc) is 2.67. The van der Waals surface area contributed by atoms with Crippen LogP contribution >= 0.6 is 11.8 Å². The van der Waals surface area contributed by atoms with Gasteiger partial charge in [-0.15, -0.1) is 0 Å². The van der Waals surface area contributed by atoms with Crippen LogP contribution in [0.15, 0.2) is 34.2 Å². The lowest BCUT2D eigenvalue weighted by Gasteiger charge is -2.19. The molecule has 1 atom stereocenters. The quantitative estimate of drug-likeness (QED) is 0.420. The van der Waals surface area contributed by atoms with Crippen LogP contribution in [0.2, 0.25) is 0 Å². The number of nitrogens with one attached hydrogen (secondary N) is 2. The van der Waals surface area contributed by atoms with E-state index >= 15 is 0 Å². The molecule has 1 aliphatic heterocycles. The minimum absolute atomic E-state index is 0.119. The average molecular weight is 405 g/mol. The first kappa shape index (κ1) is 19.7. The van der Waals surface area contributed by atoms with Crippen molar-refractivity contribution in [1.82, 2.24) is 9.97 Å². The number of esters is 1. The van der Waals surface area contributed by atoms with E-state index in [1.54, 1.807) is 25.1 Å². The van der Waals surface area contributed by atoms with Crippen LogP contribution in [0, 0.1) is 0 Å². The van der Waals surface area contributed by atoms with E-state index in [1.807, 2.05) is 0 Å². The Hall–Kier alpha value is -3.01. The molecular formula is C18H19N3O6S. The van der Waals surface area contributed by atoms with Gasteiger partial charge < -0.3 is 24.5 Å². The summed E-state index contributed by atoms with van der Waals surface area (Å²) in [4.78, 5) is 42.4. The lowest BCUT2D eigenvalue weighted by atomic mass is 10.2. The van der Waals surface area contributed by atoms with Gasteiger partial charge in [0.2, 0.25) is 5.91 Å². The molecule has 0 bridgehead atoms. The zero-order valence-electron chi connectivity index (χ0n) is 15.3. The number of fused-ring (bicyclic) bond motifs is 1. The number of anilines is 1. The highest BCUT2D eigenvalue weighted by atomic mass is 32.2. The van der Waals surface area contributed by atoms with Crippen LogP contribution in [0.4, 0.5) is 5.69 Å². The van der Waals surface area contributed by atoms with E-state index in [4.69, 9.17) is 9.47 Å². The summed E-state index contributed by atoms with van der Waals surface area (Å²) in [5.41, 5.74) is 0.441. The first-order chi connectivity index (χ1) is 13.4. The van der Waals surface area contributed by atoms with Gasteiger partial charge in [0, 0.05) is 17.8 Å². The van der Waals surface area contributed by atoms with Gasteiger partial charge in [0.1, 0.15) is 13.2 Å². The fourth-order valence-electron chi connectivity index (χ4n) is 2.44. The Kier molecular flexibility index (Phi) is 6.19. The number of carbonyl (C=O) groups excluding carboxylic acids is 2. The Bertz CT molecular complexity index is 945. The lowest BCUT2D eigenvalue weighted by Crippen LogP contribution is -2.24. The number of hydrogen-bond donors (Lipinski definition) is 2. The van der Waals surface area contributed by atoms with Gasteiger partial charge >= 0.3 is 5.97 Å². The predicted octanol–water partition coefficient (Wildman–Crippen LogP) is 1.38. The number of thioether (sulfide) groups is 1. The summed E-state index contributed by atoms with van der Waals surface area (Å²) in [6, 6.07) is 6.37. The fourth-order valence-corrected chi connectivity index (χ4v) is 3.27. The summed E-state index contributed by atoms with van der Waals surface area (Å²) < 4.78 is 15.5. The molecule has 0 aliphatic carbocycles. The van der Waals surface area contributed by atoms with Gasteiger partial charge in [0.25, 0.3) is 5.56 Å². The number of benzene rings is 1. The number of rotatable bonds is 6. The standard InChI is InChI=1S/C18H19N3O6S/c1-10(28-18-20-12(8-15(22)21-18)9-16(23)25-2)17(24)19-11-3-4-13-14(7-11)27-6-5-26-13/h3-4,7-8,10H,5-6,9H2,1-2H3,(H,19,24)(H,20,21,22)/t10-/m0/s1. The number of amides is 1. The first-order valence-corrected chi connectivity index (χ1v) is 9.37. The van der Waals surface area contributed by atoms with Crippen molar-refractivity contribution in [1.29, 1.82) is 0 Å². The SMILES string of the molecule is COC(=O)Cc1cc(=O)[nH]c(S[C@@H](C)C(=O)Nc2ccc3c(c2)OCCO3)n1. The molecule has 0 saturated carbocycles. The Morgan fingerprint density at radius 1 is 1.29 bits per heavy atom. The number of hydrogen-bond acceptors (Lipinski definition) is 8. The monoisotopic (exact) mass is 405 g/mol. The van der Waals surface area contributed by atoms with E-state index in [0.29, 0.717) is 30.4 Å². The van der Waals surface area contributed by atoms with Crippen LogP contribution in [0.25, 0.3) is 0 Å². The molecule has 148 valence electrons. The van der Waals surface area contributed by atoms with Crippen molar-refractivity contribution in [2.24, 2.45) is 0 Å². The molecule has 0 saturated heterocycles. The van der Waals surface area contributed by atoms with Crippen molar-refractivity contribution >= 4 is 29.3 Å². The van der Waals surface area contributed by atoms with Crippen LogP contribution in [-0.4, -0.2) is 47.4 Å². The smallest absolute Gasteiger partial charge is 0.311 e. The number of aromatic amines is 1. The molecule has 10 heteroatoms. The Morgan fingerprint density at radius 3 is 2.79 bits per heavy atom. The second-order valence-corrected chi connectivity index (χ2v) is 7.23. The number of nitrogens with zero attached hydrogens (tertiary/aromatic N) is 1. The summed E-state index contributed by atoms with van der Waals surface area (Å²) in [5, 5.41) is 2.49. The van der Waals surface area contributed by atoms with E-state index in [-0.39, 0.29) is 23.2 Å². The molecule has 1 aromatic carbocycles. The highest BCUT2D eigenvalue weighted by molar-refractivity contribution is 8.00. The highest BCUT2D eigenvalue weighted by Crippen LogP contribution is 2.33. The molecule has 9 nitrogen and oxygen atoms in total. The number of methoxy groups -OCH3 is 1. The second kappa shape index (κ2) is 8.79. The maximum Gasteiger partial charge on any atom is 0.311 e. The van der Waals surface area contributed by atoms with Gasteiger partial charge in [-0.05, 0) is 19.1 Å². The topological polar surface area (TPSA) is 120 Å². The number of H-pyrrole nitrogens is 1. The molecule has 2 N–H and O–H groups in total. The highest BCUT2D eigenvalue weighted by Gasteiger charge is 2.19. The molecule has 2 heterocycles. The molecule has 1 aliphatic rings. The third kappa shape index (κ3) is 5.03. The van der Waals surface area contributed by atoms with Crippen molar-refractivity contribution in [3.05, 3.63) is 40.3 Å². The van der Waals surface area contributed by atoms with E-state index in [0.717, 1.165) is 11.8 Å². The van der Waals surface area contributed by atoms with E-state index in [2.05, 4.69) is 20.0 Å². The van der Waals surface area contributed by atoms with Crippen LogP contribution < -0.4 is 20.3 Å². The molecule has 0 unspecified atom stereocenters. The normalized spacial score (nSPS) is 13.5. The summed E-state index contributed by atoms with van der Waals surface area (Å²) in [7, 11) is 1.26. The van der Waals surface area contributed by atoms with Gasteiger partial charge in [-0.25, -0.2) is 4.98 Å². The third-order valence-corrected chi connectivity index (χ3v) is 4.78. The second-order valence-electron chi connectivity index (χ2n) is 5.90. The molecule has 3 rings (SSSR count). The molecule has 2 aromatic rings. The van der Waals surface area contributed by atoms with Crippen molar-refractivity contribution in [3.8, 4) is 11.5 Å². The minimum Gasteiger partial charge on any atom is -0.486 e. The van der Waals surface area contributed by atoms with Crippen molar-refractivity contribution in [3.63, 3.8) is 0 Å². The van der Waals surface area contributed by atoms with Crippen LogP contribution in [-0.2, 0) is 20.7 Å². The van der Waals surface area contributed by atoms with Gasteiger partial charge in [-0.3, -0.25) is 14.4 Å². The van der Waals surface area contributed by atoms with Crippen molar-refractivity contribution < 1.29 is 23.8 Å². The van der Waals surface area contributed by atoms with Crippen molar-refractivity contribution in [2.45, 2.75) is 23.8 Å².